The zero-order chi connectivity index (χ0) is 33.2. The Balaban J connectivity index is 1.39. The SMILES string of the molecule is C=C1C[C@@H](N)C/C1=C/C=C(\C)c1cccc(-c2cccc3c2CC[C@@H]3Oc2nc(OC)c(CN[C@@](C)(CO)C(=O)O)cc2Br)c1Cl. The number of fused-ring (bicyclic) bond motifs is 1. The van der Waals surface area contributed by atoms with Gasteiger partial charge in [0.15, 0.2) is 0 Å². The first-order valence-electron chi connectivity index (χ1n) is 15.2. The van der Waals surface area contributed by atoms with Gasteiger partial charge in [0.25, 0.3) is 0 Å². The number of nitrogens with two attached hydrogens (primary N) is 1. The lowest BCUT2D eigenvalue weighted by Crippen LogP contribution is -2.52. The van der Waals surface area contributed by atoms with Crippen LogP contribution in [0.4, 0.5) is 0 Å². The number of hydrogen-bond donors (Lipinski definition) is 4. The monoisotopic (exact) mass is 707 g/mol. The summed E-state index contributed by atoms with van der Waals surface area (Å²) in [6.07, 6.45) is 7.22. The number of allylic oxidation sites excluding steroid dienone is 3. The van der Waals surface area contributed by atoms with Gasteiger partial charge in [0.05, 0.1) is 23.2 Å². The minimum atomic E-state index is -1.51. The molecule has 0 unspecified atom stereocenters. The summed E-state index contributed by atoms with van der Waals surface area (Å²) in [5.74, 6) is -0.493. The van der Waals surface area contributed by atoms with Crippen LogP contribution in [0.3, 0.4) is 0 Å². The van der Waals surface area contributed by atoms with E-state index in [-0.39, 0.29) is 18.7 Å². The number of nitrogens with zero attached hydrogens (tertiary/aromatic N) is 1. The van der Waals surface area contributed by atoms with E-state index < -0.39 is 18.1 Å². The fraction of sp³-hybridized carbons (Fsp3) is 0.333. The lowest BCUT2D eigenvalue weighted by molar-refractivity contribution is -0.145. The van der Waals surface area contributed by atoms with E-state index in [9.17, 15) is 15.0 Å². The second-order valence-electron chi connectivity index (χ2n) is 12.1. The Hall–Kier alpha value is -3.47. The van der Waals surface area contributed by atoms with Gasteiger partial charge < -0.3 is 25.4 Å². The first-order chi connectivity index (χ1) is 21.9. The standard InChI is InChI=1S/C36H39BrClN3O5/c1-20(11-12-22-16-24(39)15-21(22)2)25-7-5-10-29(32(25)38)26-8-6-9-28-27(26)13-14-31(28)46-34-30(37)17-23(33(41-34)45-4)18-40-36(3,19-42)35(43)44/h5-12,17,24,31,40,42H,2,13-16,18-19,39H2,1,3-4H3,(H,43,44)/b20-11+,22-12-/t24-,31+,36+/m1/s1. The number of methoxy groups -OCH3 is 1. The number of rotatable bonds is 11. The fourth-order valence-corrected chi connectivity index (χ4v) is 6.82. The lowest BCUT2D eigenvalue weighted by Gasteiger charge is -2.24. The van der Waals surface area contributed by atoms with Gasteiger partial charge in [-0.3, -0.25) is 10.1 Å². The molecular formula is C36H39BrClN3O5. The van der Waals surface area contributed by atoms with Crippen LogP contribution in [-0.2, 0) is 17.8 Å². The van der Waals surface area contributed by atoms with E-state index in [2.05, 4.69) is 70.1 Å². The van der Waals surface area contributed by atoms with Gasteiger partial charge in [-0.25, -0.2) is 0 Å². The van der Waals surface area contributed by atoms with Crippen molar-refractivity contribution >= 4 is 39.1 Å². The number of carboxylic acids is 1. The van der Waals surface area contributed by atoms with Crippen LogP contribution in [0.5, 0.6) is 11.8 Å². The molecule has 1 aromatic heterocycles. The third-order valence-corrected chi connectivity index (χ3v) is 9.77. The van der Waals surface area contributed by atoms with Crippen molar-refractivity contribution in [2.45, 2.75) is 63.8 Å². The first-order valence-corrected chi connectivity index (χ1v) is 16.3. The van der Waals surface area contributed by atoms with Crippen molar-refractivity contribution in [1.82, 2.24) is 10.3 Å². The molecule has 0 saturated heterocycles. The average molecular weight is 709 g/mol. The van der Waals surface area contributed by atoms with Crippen molar-refractivity contribution in [2.24, 2.45) is 5.73 Å². The van der Waals surface area contributed by atoms with Crippen LogP contribution >= 0.6 is 27.5 Å². The molecule has 3 aromatic rings. The molecule has 242 valence electrons. The fourth-order valence-electron chi connectivity index (χ4n) is 5.99. The van der Waals surface area contributed by atoms with Crippen molar-refractivity contribution in [1.29, 1.82) is 0 Å². The molecule has 0 spiro atoms. The maximum Gasteiger partial charge on any atom is 0.326 e. The number of nitrogens with one attached hydrogen (secondary N) is 1. The summed E-state index contributed by atoms with van der Waals surface area (Å²) >= 11 is 10.7. The molecule has 8 nitrogen and oxygen atoms in total. The van der Waals surface area contributed by atoms with Gasteiger partial charge in [0.2, 0.25) is 11.8 Å². The third kappa shape index (κ3) is 6.94. The summed E-state index contributed by atoms with van der Waals surface area (Å²) in [6, 6.07) is 14.3. The highest BCUT2D eigenvalue weighted by Crippen LogP contribution is 2.44. The Kier molecular flexibility index (Phi) is 10.4. The number of benzene rings is 2. The largest absolute Gasteiger partial charge is 0.481 e. The van der Waals surface area contributed by atoms with Gasteiger partial charge >= 0.3 is 5.97 Å². The predicted octanol–water partition coefficient (Wildman–Crippen LogP) is 7.17. The molecule has 46 heavy (non-hydrogen) atoms. The Morgan fingerprint density at radius 2 is 1.98 bits per heavy atom. The van der Waals surface area contributed by atoms with Crippen molar-refractivity contribution in [3.8, 4) is 22.9 Å². The van der Waals surface area contributed by atoms with Crippen molar-refractivity contribution < 1.29 is 24.5 Å². The number of hydrogen-bond acceptors (Lipinski definition) is 7. The van der Waals surface area contributed by atoms with Gasteiger partial charge in [0.1, 0.15) is 11.6 Å². The minimum Gasteiger partial charge on any atom is -0.481 e. The summed E-state index contributed by atoms with van der Waals surface area (Å²) in [5, 5.41) is 22.6. The molecule has 1 saturated carbocycles. The van der Waals surface area contributed by atoms with E-state index in [4.69, 9.17) is 26.8 Å². The summed E-state index contributed by atoms with van der Waals surface area (Å²) in [5.41, 5.74) is 13.9. The molecule has 0 bridgehead atoms. The highest BCUT2D eigenvalue weighted by atomic mass is 79.9. The van der Waals surface area contributed by atoms with E-state index in [0.717, 1.165) is 59.1 Å². The van der Waals surface area contributed by atoms with E-state index >= 15 is 0 Å². The van der Waals surface area contributed by atoms with E-state index in [1.54, 1.807) is 6.07 Å². The maximum atomic E-state index is 11.6. The summed E-state index contributed by atoms with van der Waals surface area (Å²) < 4.78 is 12.6. The first kappa shape index (κ1) is 33.9. The molecule has 1 heterocycles. The summed E-state index contributed by atoms with van der Waals surface area (Å²) in [7, 11) is 1.50. The lowest BCUT2D eigenvalue weighted by atomic mass is 9.94. The van der Waals surface area contributed by atoms with Crippen LogP contribution in [-0.4, -0.2) is 46.5 Å². The normalized spacial score (nSPS) is 20.1. The van der Waals surface area contributed by atoms with Gasteiger partial charge in [0, 0.05) is 23.7 Å². The second-order valence-corrected chi connectivity index (χ2v) is 13.3. The predicted molar refractivity (Wildman–Crippen MR) is 185 cm³/mol. The summed E-state index contributed by atoms with van der Waals surface area (Å²) in [4.78, 5) is 16.2. The second kappa shape index (κ2) is 14.1. The van der Waals surface area contributed by atoms with Crippen LogP contribution in [0, 0.1) is 0 Å². The van der Waals surface area contributed by atoms with Crippen LogP contribution in [0.1, 0.15) is 61.5 Å². The number of carbonyl (C=O) groups is 1. The number of aliphatic carboxylic acids is 1. The van der Waals surface area contributed by atoms with Gasteiger partial charge in [-0.05, 0) is 94.9 Å². The molecule has 3 atom stereocenters. The maximum absolute atomic E-state index is 11.6. The van der Waals surface area contributed by atoms with Gasteiger partial charge in [-0.2, -0.15) is 4.98 Å². The zero-order valence-corrected chi connectivity index (χ0v) is 28.5. The smallest absolute Gasteiger partial charge is 0.326 e. The van der Waals surface area contributed by atoms with Crippen LogP contribution < -0.4 is 20.5 Å². The molecular weight excluding hydrogens is 670 g/mol. The van der Waals surface area contributed by atoms with Gasteiger partial charge in [-0.15, -0.1) is 0 Å². The Bertz CT molecular complexity index is 1740. The minimum absolute atomic E-state index is 0.115. The van der Waals surface area contributed by atoms with Crippen molar-refractivity contribution in [2.75, 3.05) is 13.7 Å². The van der Waals surface area contributed by atoms with E-state index in [1.807, 2.05) is 18.2 Å². The number of halogens is 2. The highest BCUT2D eigenvalue weighted by Gasteiger charge is 2.33. The molecule has 10 heteroatoms. The molecule has 2 aromatic carbocycles. The van der Waals surface area contributed by atoms with Crippen molar-refractivity contribution in [3.05, 3.63) is 104 Å². The average Bonchev–Trinajstić information content (AvgIpc) is 3.60. The number of aromatic nitrogens is 1. The van der Waals surface area contributed by atoms with Crippen LogP contribution in [0.25, 0.3) is 16.7 Å². The van der Waals surface area contributed by atoms with E-state index in [1.165, 1.54) is 25.2 Å². The van der Waals surface area contributed by atoms with E-state index in [0.29, 0.717) is 26.8 Å². The van der Waals surface area contributed by atoms with Crippen LogP contribution in [0.2, 0.25) is 5.02 Å². The molecule has 0 amide bonds. The number of ether oxygens (including phenoxy) is 2. The number of pyridine rings is 1. The topological polar surface area (TPSA) is 127 Å². The zero-order valence-electron chi connectivity index (χ0n) is 26.2. The Morgan fingerprint density at radius 3 is 2.65 bits per heavy atom. The molecule has 5 rings (SSSR count). The highest BCUT2D eigenvalue weighted by molar-refractivity contribution is 9.10. The molecule has 2 aliphatic carbocycles. The molecule has 0 radical (unpaired) electrons. The quantitative estimate of drug-likeness (QED) is 0.165. The third-order valence-electron chi connectivity index (χ3n) is 8.80. The molecule has 2 aliphatic rings. The Labute approximate surface area is 283 Å². The van der Waals surface area contributed by atoms with Crippen molar-refractivity contribution in [3.63, 3.8) is 0 Å². The molecule has 1 fully saturated rings. The number of aliphatic hydroxyl groups excluding tert-OH is 1. The summed E-state index contributed by atoms with van der Waals surface area (Å²) in [6.45, 7) is 7.19. The number of carboxylic acid groups (broad SMARTS) is 1. The van der Waals surface area contributed by atoms with Crippen LogP contribution in [0.15, 0.2) is 76.8 Å². The molecule has 5 N–H and O–H groups in total. The Morgan fingerprint density at radius 1 is 1.24 bits per heavy atom. The number of aliphatic hydroxyl groups is 1. The van der Waals surface area contributed by atoms with Gasteiger partial charge in [-0.1, -0.05) is 72.3 Å². The molecule has 0 aliphatic heterocycles.